The lowest BCUT2D eigenvalue weighted by Crippen LogP contribution is -2.21. The first kappa shape index (κ1) is 7.65. The fraction of sp³-hybridized carbons (Fsp3) is 0.667. The number of hydrogen-bond donors (Lipinski definition) is 1. The van der Waals surface area contributed by atoms with Crippen LogP contribution in [0.15, 0.2) is 4.52 Å². The molecular formula is C9H14N2O. The molecule has 1 aliphatic carbocycles. The van der Waals surface area contributed by atoms with Crippen molar-refractivity contribution in [3.05, 3.63) is 11.3 Å². The number of nitrogens with zero attached hydrogens (tertiary/aromatic N) is 1. The molecule has 1 aliphatic rings. The van der Waals surface area contributed by atoms with Crippen molar-refractivity contribution in [3.63, 3.8) is 0 Å². The van der Waals surface area contributed by atoms with Crippen LogP contribution in [0.1, 0.15) is 31.6 Å². The van der Waals surface area contributed by atoms with Crippen molar-refractivity contribution in [1.29, 1.82) is 0 Å². The van der Waals surface area contributed by atoms with Crippen molar-refractivity contribution < 1.29 is 4.52 Å². The summed E-state index contributed by atoms with van der Waals surface area (Å²) in [7, 11) is 0. The van der Waals surface area contributed by atoms with Crippen LogP contribution in [-0.2, 0) is 12.8 Å². The van der Waals surface area contributed by atoms with E-state index < -0.39 is 0 Å². The molecule has 3 nitrogen and oxygen atoms in total. The van der Waals surface area contributed by atoms with E-state index in [-0.39, 0.29) is 0 Å². The maximum absolute atomic E-state index is 5.65. The van der Waals surface area contributed by atoms with Crippen LogP contribution in [0.5, 0.6) is 0 Å². The van der Waals surface area contributed by atoms with Gasteiger partial charge in [0.15, 0.2) is 5.82 Å². The van der Waals surface area contributed by atoms with Crippen LogP contribution in [0.4, 0.5) is 5.82 Å². The lowest BCUT2D eigenvalue weighted by Gasteiger charge is -2.27. The molecule has 3 heteroatoms. The highest BCUT2D eigenvalue weighted by molar-refractivity contribution is 5.42. The van der Waals surface area contributed by atoms with Crippen LogP contribution in [0.3, 0.4) is 0 Å². The highest BCUT2D eigenvalue weighted by Gasteiger charge is 2.29. The Balaban J connectivity index is 2.37. The highest BCUT2D eigenvalue weighted by Crippen LogP contribution is 2.36. The Morgan fingerprint density at radius 3 is 3.00 bits per heavy atom. The molecule has 12 heavy (non-hydrogen) atoms. The Hall–Kier alpha value is -0.990. The van der Waals surface area contributed by atoms with E-state index in [2.05, 4.69) is 19.0 Å². The second-order valence-corrected chi connectivity index (χ2v) is 4.31. The van der Waals surface area contributed by atoms with Crippen molar-refractivity contribution in [1.82, 2.24) is 5.16 Å². The van der Waals surface area contributed by atoms with Gasteiger partial charge in [-0.3, -0.25) is 0 Å². The molecule has 0 aromatic carbocycles. The number of nitrogens with two attached hydrogens (primary N) is 1. The van der Waals surface area contributed by atoms with Crippen LogP contribution >= 0.6 is 0 Å². The Labute approximate surface area is 71.9 Å². The summed E-state index contributed by atoms with van der Waals surface area (Å²) in [6.45, 7) is 4.49. The van der Waals surface area contributed by atoms with Crippen molar-refractivity contribution in [2.45, 2.75) is 33.1 Å². The fourth-order valence-electron chi connectivity index (χ4n) is 1.75. The van der Waals surface area contributed by atoms with Crippen LogP contribution in [0.2, 0.25) is 0 Å². The third-order valence-corrected chi connectivity index (χ3v) is 2.59. The molecule has 0 aliphatic heterocycles. The summed E-state index contributed by atoms with van der Waals surface area (Å²) in [5.74, 6) is 1.57. The molecule has 0 radical (unpaired) electrons. The first-order valence-electron chi connectivity index (χ1n) is 4.31. The molecule has 66 valence electrons. The number of anilines is 1. The predicted octanol–water partition coefficient (Wildman–Crippen LogP) is 1.77. The second-order valence-electron chi connectivity index (χ2n) is 4.31. The first-order chi connectivity index (χ1) is 5.58. The van der Waals surface area contributed by atoms with Gasteiger partial charge in [0.25, 0.3) is 0 Å². The lowest BCUT2D eigenvalue weighted by atomic mass is 9.77. The van der Waals surface area contributed by atoms with E-state index >= 15 is 0 Å². The highest BCUT2D eigenvalue weighted by atomic mass is 16.5. The van der Waals surface area contributed by atoms with Crippen molar-refractivity contribution in [3.8, 4) is 0 Å². The molecule has 1 aromatic rings. The van der Waals surface area contributed by atoms with Gasteiger partial charge in [-0.05, 0) is 18.3 Å². The van der Waals surface area contributed by atoms with Gasteiger partial charge in [0, 0.05) is 12.0 Å². The largest absolute Gasteiger partial charge is 0.381 e. The average molecular weight is 166 g/mol. The molecule has 1 heterocycles. The van der Waals surface area contributed by atoms with Crippen LogP contribution in [0, 0.1) is 5.41 Å². The normalized spacial score (nSPS) is 20.5. The van der Waals surface area contributed by atoms with Crippen LogP contribution < -0.4 is 5.73 Å². The molecule has 2 N–H and O–H groups in total. The van der Waals surface area contributed by atoms with E-state index in [1.165, 1.54) is 6.42 Å². The lowest BCUT2D eigenvalue weighted by molar-refractivity contribution is 0.264. The zero-order valence-corrected chi connectivity index (χ0v) is 7.55. The summed E-state index contributed by atoms with van der Waals surface area (Å²) < 4.78 is 5.15. The van der Waals surface area contributed by atoms with E-state index in [4.69, 9.17) is 10.3 Å². The summed E-state index contributed by atoms with van der Waals surface area (Å²) in [5, 5.41) is 3.77. The molecule has 0 saturated carbocycles. The van der Waals surface area contributed by atoms with Gasteiger partial charge in [-0.1, -0.05) is 19.0 Å². The summed E-state index contributed by atoms with van der Waals surface area (Å²) >= 11 is 0. The molecular weight excluding hydrogens is 152 g/mol. The second kappa shape index (κ2) is 2.25. The number of aromatic nitrogens is 1. The number of nitrogen functional groups attached to an aromatic ring is 1. The first-order valence-corrected chi connectivity index (χ1v) is 4.31. The Bertz CT molecular complexity index is 301. The zero-order chi connectivity index (χ0) is 8.77. The van der Waals surface area contributed by atoms with Gasteiger partial charge in [0.05, 0.1) is 0 Å². The Morgan fingerprint density at radius 2 is 2.25 bits per heavy atom. The van der Waals surface area contributed by atoms with Gasteiger partial charge >= 0.3 is 0 Å². The number of rotatable bonds is 0. The third kappa shape index (κ3) is 1.09. The molecule has 0 amide bonds. The van der Waals surface area contributed by atoms with Gasteiger partial charge in [-0.25, -0.2) is 0 Å². The Morgan fingerprint density at radius 1 is 1.50 bits per heavy atom. The summed E-state index contributed by atoms with van der Waals surface area (Å²) in [4.78, 5) is 0. The average Bonchev–Trinajstić information content (AvgIpc) is 2.30. The van der Waals surface area contributed by atoms with Gasteiger partial charge in [0.2, 0.25) is 0 Å². The molecule has 1 aromatic heterocycles. The summed E-state index contributed by atoms with van der Waals surface area (Å²) in [6, 6.07) is 0. The molecule has 2 rings (SSSR count). The molecule has 0 atom stereocenters. The maximum Gasteiger partial charge on any atom is 0.170 e. The van der Waals surface area contributed by atoms with Crippen LogP contribution in [-0.4, -0.2) is 5.16 Å². The van der Waals surface area contributed by atoms with E-state index in [0.29, 0.717) is 11.2 Å². The minimum Gasteiger partial charge on any atom is -0.381 e. The molecule has 0 unspecified atom stereocenters. The monoisotopic (exact) mass is 166 g/mol. The van der Waals surface area contributed by atoms with Gasteiger partial charge < -0.3 is 10.3 Å². The van der Waals surface area contributed by atoms with E-state index in [0.717, 1.165) is 24.2 Å². The number of hydrogen-bond acceptors (Lipinski definition) is 3. The van der Waals surface area contributed by atoms with Gasteiger partial charge in [-0.15, -0.1) is 0 Å². The van der Waals surface area contributed by atoms with Crippen molar-refractivity contribution in [2.75, 3.05) is 5.73 Å². The summed E-state index contributed by atoms with van der Waals surface area (Å²) in [5.41, 5.74) is 7.12. The number of fused-ring (bicyclic) bond motifs is 1. The zero-order valence-electron chi connectivity index (χ0n) is 7.55. The fourth-order valence-corrected chi connectivity index (χ4v) is 1.75. The minimum absolute atomic E-state index is 0.346. The molecule has 0 saturated heterocycles. The van der Waals surface area contributed by atoms with Crippen molar-refractivity contribution in [2.24, 2.45) is 5.41 Å². The topological polar surface area (TPSA) is 52.0 Å². The maximum atomic E-state index is 5.65. The third-order valence-electron chi connectivity index (χ3n) is 2.59. The predicted molar refractivity (Wildman–Crippen MR) is 46.7 cm³/mol. The molecule has 0 fully saturated rings. The van der Waals surface area contributed by atoms with E-state index in [1.807, 2.05) is 0 Å². The smallest absolute Gasteiger partial charge is 0.170 e. The van der Waals surface area contributed by atoms with Gasteiger partial charge in [-0.2, -0.15) is 0 Å². The standard InChI is InChI=1S/C9H14N2O/c1-9(2)4-3-6-7(5-9)12-11-8(6)10/h3-5H2,1-2H3,(H2,10,11). The van der Waals surface area contributed by atoms with Crippen molar-refractivity contribution >= 4 is 5.82 Å². The Kier molecular flexibility index (Phi) is 1.43. The molecule has 0 bridgehead atoms. The summed E-state index contributed by atoms with van der Waals surface area (Å²) in [6.07, 6.45) is 3.15. The van der Waals surface area contributed by atoms with Crippen LogP contribution in [0.25, 0.3) is 0 Å². The minimum atomic E-state index is 0.346. The SMILES string of the molecule is CC1(C)CCc2c(N)noc2C1. The molecule has 0 spiro atoms. The quantitative estimate of drug-likeness (QED) is 0.639. The van der Waals surface area contributed by atoms with Gasteiger partial charge in [0.1, 0.15) is 5.76 Å². The van der Waals surface area contributed by atoms with E-state index in [9.17, 15) is 0 Å². The van der Waals surface area contributed by atoms with E-state index in [1.54, 1.807) is 0 Å².